The number of rotatable bonds is 3. The minimum absolute atomic E-state index is 0.0661. The Morgan fingerprint density at radius 3 is 2.33 bits per heavy atom. The lowest BCUT2D eigenvalue weighted by Gasteiger charge is -2.28. The van der Waals surface area contributed by atoms with Crippen LogP contribution in [0.5, 0.6) is 17.2 Å². The monoisotopic (exact) mass is 460 g/mol. The second-order valence-corrected chi connectivity index (χ2v) is 8.60. The van der Waals surface area contributed by atoms with Gasteiger partial charge >= 0.3 is 12.1 Å². The molecule has 160 valence electrons. The Hall–Kier alpha value is -2.38. The number of halogens is 5. The number of hydrogen-bond donors (Lipinski definition) is 1. The minimum Gasteiger partial charge on any atom is -0.478 e. The lowest BCUT2D eigenvalue weighted by atomic mass is 9.86. The van der Waals surface area contributed by atoms with Gasteiger partial charge in [0.25, 0.3) is 0 Å². The molecule has 2 aromatic carbocycles. The highest BCUT2D eigenvalue weighted by Crippen LogP contribution is 2.44. The number of ether oxygens (including phenoxy) is 2. The van der Waals surface area contributed by atoms with Gasteiger partial charge in [0.05, 0.1) is 10.6 Å². The summed E-state index contributed by atoms with van der Waals surface area (Å²) in [6, 6.07) is 7.51. The van der Waals surface area contributed by atoms with Gasteiger partial charge in [-0.1, -0.05) is 44.0 Å². The van der Waals surface area contributed by atoms with Gasteiger partial charge in [-0.2, -0.15) is 13.2 Å². The Balaban J connectivity index is 2.06. The maximum absolute atomic E-state index is 13.3. The van der Waals surface area contributed by atoms with Crippen molar-refractivity contribution in [3.05, 3.63) is 57.1 Å². The van der Waals surface area contributed by atoms with Crippen LogP contribution in [-0.4, -0.2) is 23.4 Å². The SMILES string of the molecule is CC(C)(C)c1cc(Cl)ccc1Oc1cc2c(cc1Cl)C=C(C(=O)O)C(C(F)(F)F)O2. The molecular weight excluding hydrogens is 444 g/mol. The van der Waals surface area contributed by atoms with E-state index in [1.165, 1.54) is 12.1 Å². The normalized spacial score (nSPS) is 16.4. The van der Waals surface area contributed by atoms with Crippen molar-refractivity contribution < 1.29 is 32.5 Å². The third-order valence-electron chi connectivity index (χ3n) is 4.42. The molecule has 0 bridgehead atoms. The molecule has 30 heavy (non-hydrogen) atoms. The summed E-state index contributed by atoms with van der Waals surface area (Å²) in [5.74, 6) is -1.42. The van der Waals surface area contributed by atoms with E-state index >= 15 is 0 Å². The van der Waals surface area contributed by atoms with Gasteiger partial charge in [-0.25, -0.2) is 4.79 Å². The van der Waals surface area contributed by atoms with Gasteiger partial charge in [0.1, 0.15) is 17.2 Å². The van der Waals surface area contributed by atoms with E-state index in [9.17, 15) is 18.0 Å². The van der Waals surface area contributed by atoms with Crippen LogP contribution >= 0.6 is 23.2 Å². The number of hydrogen-bond acceptors (Lipinski definition) is 3. The van der Waals surface area contributed by atoms with Crippen LogP contribution in [0, 0.1) is 0 Å². The molecule has 0 aliphatic carbocycles. The summed E-state index contributed by atoms with van der Waals surface area (Å²) in [5.41, 5.74) is -0.381. The van der Waals surface area contributed by atoms with Gasteiger partial charge in [0.15, 0.2) is 0 Å². The molecule has 0 saturated heterocycles. The summed E-state index contributed by atoms with van der Waals surface area (Å²) in [6.07, 6.45) is -6.60. The lowest BCUT2D eigenvalue weighted by Crippen LogP contribution is -2.40. The molecule has 1 aliphatic rings. The van der Waals surface area contributed by atoms with Gasteiger partial charge in [-0.3, -0.25) is 0 Å². The van der Waals surface area contributed by atoms with Crippen molar-refractivity contribution in [3.8, 4) is 17.2 Å². The first-order valence-electron chi connectivity index (χ1n) is 8.77. The van der Waals surface area contributed by atoms with Crippen molar-refractivity contribution in [1.29, 1.82) is 0 Å². The summed E-state index contributed by atoms with van der Waals surface area (Å²) in [5, 5.41) is 9.72. The standard InChI is InChI=1S/C21H17Cl2F3O4/c1-20(2,3)13-8-11(22)4-5-15(13)29-17-9-16-10(7-14(17)23)6-12(19(27)28)18(30-16)21(24,25)26/h4-9,18H,1-3H3,(H,27,28). The fourth-order valence-corrected chi connectivity index (χ4v) is 3.37. The zero-order valence-corrected chi connectivity index (χ0v) is 17.6. The first-order chi connectivity index (χ1) is 13.8. The molecule has 0 fully saturated rings. The molecule has 0 radical (unpaired) electrons. The molecule has 4 nitrogen and oxygen atoms in total. The van der Waals surface area contributed by atoms with E-state index in [2.05, 4.69) is 0 Å². The predicted molar refractivity (Wildman–Crippen MR) is 108 cm³/mol. The van der Waals surface area contributed by atoms with Crippen LogP contribution in [0.25, 0.3) is 6.08 Å². The van der Waals surface area contributed by atoms with E-state index in [-0.39, 0.29) is 27.5 Å². The van der Waals surface area contributed by atoms with E-state index in [4.69, 9.17) is 37.8 Å². The highest BCUT2D eigenvalue weighted by molar-refractivity contribution is 6.32. The van der Waals surface area contributed by atoms with Crippen molar-refractivity contribution in [2.75, 3.05) is 0 Å². The number of carbonyl (C=O) groups is 1. The molecule has 0 spiro atoms. The fraction of sp³-hybridized carbons (Fsp3) is 0.286. The Morgan fingerprint density at radius 1 is 1.10 bits per heavy atom. The Bertz CT molecular complexity index is 1040. The summed E-state index contributed by atoms with van der Waals surface area (Å²) < 4.78 is 50.8. The van der Waals surface area contributed by atoms with Gasteiger partial charge in [-0.05, 0) is 35.8 Å². The third kappa shape index (κ3) is 4.52. The molecule has 0 amide bonds. The number of carboxylic acids is 1. The van der Waals surface area contributed by atoms with Gasteiger partial charge in [0, 0.05) is 22.2 Å². The first kappa shape index (κ1) is 22.3. The largest absolute Gasteiger partial charge is 0.478 e. The van der Waals surface area contributed by atoms with Crippen LogP contribution in [0.3, 0.4) is 0 Å². The number of benzene rings is 2. The predicted octanol–water partition coefficient (Wildman–Crippen LogP) is 6.87. The number of aliphatic carboxylic acids is 1. The van der Waals surface area contributed by atoms with E-state index < -0.39 is 23.8 Å². The molecule has 1 unspecified atom stereocenters. The molecule has 2 aromatic rings. The Morgan fingerprint density at radius 2 is 1.77 bits per heavy atom. The third-order valence-corrected chi connectivity index (χ3v) is 4.95. The Kier molecular flexibility index (Phi) is 5.73. The highest BCUT2D eigenvalue weighted by atomic mass is 35.5. The van der Waals surface area contributed by atoms with Gasteiger partial charge in [-0.15, -0.1) is 0 Å². The second-order valence-electron chi connectivity index (χ2n) is 7.76. The number of fused-ring (bicyclic) bond motifs is 1. The van der Waals surface area contributed by atoms with E-state index in [0.717, 1.165) is 11.6 Å². The lowest BCUT2D eigenvalue weighted by molar-refractivity contribution is -0.187. The zero-order valence-electron chi connectivity index (χ0n) is 16.1. The summed E-state index contributed by atoms with van der Waals surface area (Å²) in [4.78, 5) is 11.3. The molecule has 1 aliphatic heterocycles. The average Bonchev–Trinajstić information content (AvgIpc) is 2.61. The van der Waals surface area contributed by atoms with Crippen molar-refractivity contribution in [2.45, 2.75) is 38.5 Å². The molecule has 9 heteroatoms. The van der Waals surface area contributed by atoms with Crippen LogP contribution in [-0.2, 0) is 10.2 Å². The molecule has 1 atom stereocenters. The van der Waals surface area contributed by atoms with Crippen LogP contribution in [0.15, 0.2) is 35.9 Å². The van der Waals surface area contributed by atoms with Crippen molar-refractivity contribution >= 4 is 35.2 Å². The van der Waals surface area contributed by atoms with Crippen molar-refractivity contribution in [2.24, 2.45) is 0 Å². The van der Waals surface area contributed by atoms with Crippen LogP contribution in [0.1, 0.15) is 31.9 Å². The maximum Gasteiger partial charge on any atom is 0.430 e. The van der Waals surface area contributed by atoms with Crippen LogP contribution in [0.2, 0.25) is 10.0 Å². The van der Waals surface area contributed by atoms with E-state index in [1.807, 2.05) is 20.8 Å². The van der Waals surface area contributed by atoms with Crippen molar-refractivity contribution in [3.63, 3.8) is 0 Å². The van der Waals surface area contributed by atoms with Gasteiger partial charge < -0.3 is 14.6 Å². The molecular formula is C21H17Cl2F3O4. The van der Waals surface area contributed by atoms with E-state index in [0.29, 0.717) is 10.8 Å². The summed E-state index contributed by atoms with van der Waals surface area (Å²) in [6.45, 7) is 5.86. The molecule has 0 saturated carbocycles. The molecule has 3 rings (SSSR count). The molecule has 1 heterocycles. The van der Waals surface area contributed by atoms with E-state index in [1.54, 1.807) is 18.2 Å². The smallest absolute Gasteiger partial charge is 0.430 e. The molecule has 1 N–H and O–H groups in total. The minimum atomic E-state index is -4.90. The molecule has 0 aromatic heterocycles. The fourth-order valence-electron chi connectivity index (χ4n) is 2.99. The Labute approximate surface area is 180 Å². The quantitative estimate of drug-likeness (QED) is 0.542. The average molecular weight is 461 g/mol. The number of carboxylic acid groups (broad SMARTS) is 1. The van der Waals surface area contributed by atoms with Gasteiger partial charge in [0.2, 0.25) is 6.10 Å². The van der Waals surface area contributed by atoms with Crippen LogP contribution < -0.4 is 9.47 Å². The van der Waals surface area contributed by atoms with Crippen LogP contribution in [0.4, 0.5) is 13.2 Å². The summed E-state index contributed by atoms with van der Waals surface area (Å²) >= 11 is 12.3. The first-order valence-corrected chi connectivity index (χ1v) is 9.52. The topological polar surface area (TPSA) is 55.8 Å². The maximum atomic E-state index is 13.3. The van der Waals surface area contributed by atoms with Crippen molar-refractivity contribution in [1.82, 2.24) is 0 Å². The highest BCUT2D eigenvalue weighted by Gasteiger charge is 2.48. The zero-order chi connectivity index (χ0) is 22.4. The summed E-state index contributed by atoms with van der Waals surface area (Å²) in [7, 11) is 0. The second kappa shape index (κ2) is 7.71. The number of alkyl halides is 3.